The van der Waals surface area contributed by atoms with Crippen LogP contribution in [-0.4, -0.2) is 61.7 Å². The minimum atomic E-state index is 0.775. The fraction of sp³-hybridized carbons (Fsp3) is 1.00. The van der Waals surface area contributed by atoms with Crippen LogP contribution in [0.15, 0.2) is 0 Å². The molecule has 1 atom stereocenters. The fourth-order valence-corrected chi connectivity index (χ4v) is 3.22. The van der Waals surface area contributed by atoms with Gasteiger partial charge in [0.2, 0.25) is 0 Å². The van der Waals surface area contributed by atoms with Crippen LogP contribution in [0.3, 0.4) is 0 Å². The molecule has 0 aromatic carbocycles. The van der Waals surface area contributed by atoms with Gasteiger partial charge in [-0.3, -0.25) is 0 Å². The quantitative estimate of drug-likeness (QED) is 0.785. The first-order valence-corrected chi connectivity index (χ1v) is 7.45. The summed E-state index contributed by atoms with van der Waals surface area (Å²) in [4.78, 5) is 5.12. The first-order valence-electron chi connectivity index (χ1n) is 7.45. The predicted octanol–water partition coefficient (Wildman–Crippen LogP) is 1.54. The van der Waals surface area contributed by atoms with Gasteiger partial charge in [-0.2, -0.15) is 0 Å². The molecule has 17 heavy (non-hydrogen) atoms. The molecule has 3 heteroatoms. The lowest BCUT2D eigenvalue weighted by molar-refractivity contribution is 0.190. The van der Waals surface area contributed by atoms with Crippen LogP contribution >= 0.6 is 0 Å². The minimum Gasteiger partial charge on any atom is -0.312 e. The Balaban J connectivity index is 1.61. The van der Waals surface area contributed by atoms with Crippen molar-refractivity contribution in [3.05, 3.63) is 0 Å². The molecule has 0 aromatic heterocycles. The first kappa shape index (κ1) is 13.3. The van der Waals surface area contributed by atoms with E-state index in [4.69, 9.17) is 0 Å². The van der Waals surface area contributed by atoms with Crippen molar-refractivity contribution < 1.29 is 0 Å². The van der Waals surface area contributed by atoms with E-state index in [0.717, 1.165) is 12.1 Å². The number of piperidine rings is 1. The number of hydrogen-bond donors (Lipinski definition) is 1. The van der Waals surface area contributed by atoms with E-state index in [2.05, 4.69) is 29.1 Å². The summed E-state index contributed by atoms with van der Waals surface area (Å²) < 4.78 is 0. The third kappa shape index (κ3) is 3.94. The van der Waals surface area contributed by atoms with Crippen LogP contribution in [0.4, 0.5) is 0 Å². The minimum absolute atomic E-state index is 0.775. The lowest BCUT2D eigenvalue weighted by atomic mass is 10.0. The number of nitrogens with zero attached hydrogens (tertiary/aromatic N) is 2. The largest absolute Gasteiger partial charge is 0.312 e. The summed E-state index contributed by atoms with van der Waals surface area (Å²) in [5.74, 6) is 0. The Hall–Kier alpha value is -0.120. The highest BCUT2D eigenvalue weighted by Crippen LogP contribution is 2.15. The third-order valence-electron chi connectivity index (χ3n) is 4.44. The summed E-state index contributed by atoms with van der Waals surface area (Å²) in [5.41, 5.74) is 0. The molecule has 0 saturated carbocycles. The van der Waals surface area contributed by atoms with Gasteiger partial charge in [-0.1, -0.05) is 6.92 Å². The molecule has 0 aromatic rings. The van der Waals surface area contributed by atoms with Gasteiger partial charge in [-0.25, -0.2) is 0 Å². The van der Waals surface area contributed by atoms with Gasteiger partial charge in [0.25, 0.3) is 0 Å². The van der Waals surface area contributed by atoms with Crippen molar-refractivity contribution >= 4 is 0 Å². The van der Waals surface area contributed by atoms with E-state index < -0.39 is 0 Å². The van der Waals surface area contributed by atoms with Crippen molar-refractivity contribution in [2.24, 2.45) is 0 Å². The number of likely N-dealkylation sites (N-methyl/N-ethyl adjacent to an activating group) is 1. The third-order valence-corrected chi connectivity index (χ3v) is 4.44. The predicted molar refractivity (Wildman–Crippen MR) is 73.4 cm³/mol. The molecule has 2 fully saturated rings. The van der Waals surface area contributed by atoms with E-state index in [9.17, 15) is 0 Å². The number of hydrogen-bond acceptors (Lipinski definition) is 3. The second kappa shape index (κ2) is 6.72. The topological polar surface area (TPSA) is 18.5 Å². The number of likely N-dealkylation sites (tertiary alicyclic amines) is 2. The second-order valence-electron chi connectivity index (χ2n) is 5.80. The van der Waals surface area contributed by atoms with Crippen molar-refractivity contribution in [2.45, 2.75) is 51.1 Å². The summed E-state index contributed by atoms with van der Waals surface area (Å²) in [5, 5.41) is 3.79. The Morgan fingerprint density at radius 3 is 2.47 bits per heavy atom. The van der Waals surface area contributed by atoms with Crippen molar-refractivity contribution in [1.82, 2.24) is 15.1 Å². The van der Waals surface area contributed by atoms with Gasteiger partial charge in [-0.15, -0.1) is 0 Å². The van der Waals surface area contributed by atoms with Crippen molar-refractivity contribution in [1.29, 1.82) is 0 Å². The highest BCUT2D eigenvalue weighted by molar-refractivity contribution is 4.82. The molecule has 2 saturated heterocycles. The van der Waals surface area contributed by atoms with Crippen LogP contribution in [0.2, 0.25) is 0 Å². The van der Waals surface area contributed by atoms with Gasteiger partial charge < -0.3 is 15.1 Å². The highest BCUT2D eigenvalue weighted by Gasteiger charge is 2.23. The van der Waals surface area contributed by atoms with Gasteiger partial charge in [-0.05, 0) is 65.3 Å². The zero-order chi connectivity index (χ0) is 12.1. The summed E-state index contributed by atoms with van der Waals surface area (Å²) in [6, 6.07) is 1.57. The van der Waals surface area contributed by atoms with Gasteiger partial charge in [0, 0.05) is 18.6 Å². The highest BCUT2D eigenvalue weighted by atomic mass is 15.2. The first-order chi connectivity index (χ1) is 8.29. The Bertz CT molecular complexity index is 212. The molecule has 0 radical (unpaired) electrons. The van der Waals surface area contributed by atoms with E-state index in [-0.39, 0.29) is 0 Å². The molecular formula is C14H29N3. The summed E-state index contributed by atoms with van der Waals surface area (Å²) >= 11 is 0. The molecule has 3 nitrogen and oxygen atoms in total. The zero-order valence-corrected chi connectivity index (χ0v) is 11.6. The molecular weight excluding hydrogens is 210 g/mol. The summed E-state index contributed by atoms with van der Waals surface area (Å²) in [6.07, 6.45) is 6.76. The average Bonchev–Trinajstić information content (AvgIpc) is 2.75. The van der Waals surface area contributed by atoms with E-state index in [1.165, 1.54) is 64.8 Å². The van der Waals surface area contributed by atoms with Crippen molar-refractivity contribution in [3.63, 3.8) is 0 Å². The second-order valence-corrected chi connectivity index (χ2v) is 5.80. The standard InChI is InChI=1S/C14H29N3/c1-3-8-17-10-6-13(7-11-17)15-12-14-5-4-9-16(14)2/h13-15H,3-12H2,1-2H3. The molecule has 1 unspecified atom stereocenters. The molecule has 0 amide bonds. The normalized spacial score (nSPS) is 28.9. The van der Waals surface area contributed by atoms with Crippen molar-refractivity contribution in [2.75, 3.05) is 39.8 Å². The van der Waals surface area contributed by atoms with Crippen LogP contribution < -0.4 is 5.32 Å². The lowest BCUT2D eigenvalue weighted by Gasteiger charge is -2.33. The van der Waals surface area contributed by atoms with E-state index in [1.54, 1.807) is 0 Å². The zero-order valence-electron chi connectivity index (χ0n) is 11.6. The van der Waals surface area contributed by atoms with Gasteiger partial charge in [0.05, 0.1) is 0 Å². The Morgan fingerprint density at radius 2 is 1.88 bits per heavy atom. The molecule has 2 aliphatic heterocycles. The molecule has 0 bridgehead atoms. The molecule has 0 spiro atoms. The molecule has 2 aliphatic rings. The Morgan fingerprint density at radius 1 is 1.12 bits per heavy atom. The Labute approximate surface area is 107 Å². The number of rotatable bonds is 5. The van der Waals surface area contributed by atoms with Crippen LogP contribution in [0.25, 0.3) is 0 Å². The number of nitrogens with one attached hydrogen (secondary N) is 1. The lowest BCUT2D eigenvalue weighted by Crippen LogP contribution is -2.46. The average molecular weight is 239 g/mol. The van der Waals surface area contributed by atoms with E-state index in [1.807, 2.05) is 0 Å². The molecule has 1 N–H and O–H groups in total. The molecule has 2 heterocycles. The van der Waals surface area contributed by atoms with Gasteiger partial charge in [0.1, 0.15) is 0 Å². The van der Waals surface area contributed by atoms with E-state index >= 15 is 0 Å². The smallest absolute Gasteiger partial charge is 0.0218 e. The Kier molecular flexibility index (Phi) is 5.26. The maximum atomic E-state index is 3.79. The SMILES string of the molecule is CCCN1CCC(NCC2CCCN2C)CC1. The van der Waals surface area contributed by atoms with Crippen LogP contribution in [-0.2, 0) is 0 Å². The maximum Gasteiger partial charge on any atom is 0.0218 e. The fourth-order valence-electron chi connectivity index (χ4n) is 3.22. The monoisotopic (exact) mass is 239 g/mol. The van der Waals surface area contributed by atoms with Gasteiger partial charge >= 0.3 is 0 Å². The van der Waals surface area contributed by atoms with Gasteiger partial charge in [0.15, 0.2) is 0 Å². The maximum absolute atomic E-state index is 3.79. The van der Waals surface area contributed by atoms with Crippen LogP contribution in [0.1, 0.15) is 39.0 Å². The molecule has 100 valence electrons. The van der Waals surface area contributed by atoms with Crippen LogP contribution in [0, 0.1) is 0 Å². The molecule has 2 rings (SSSR count). The summed E-state index contributed by atoms with van der Waals surface area (Å²) in [6.45, 7) is 8.66. The van der Waals surface area contributed by atoms with Crippen LogP contribution in [0.5, 0.6) is 0 Å². The van der Waals surface area contributed by atoms with E-state index in [0.29, 0.717) is 0 Å². The summed E-state index contributed by atoms with van der Waals surface area (Å²) in [7, 11) is 2.27. The van der Waals surface area contributed by atoms with Crippen molar-refractivity contribution in [3.8, 4) is 0 Å². The molecule has 0 aliphatic carbocycles.